The highest BCUT2D eigenvalue weighted by atomic mass is 79.9. The SMILES string of the molecule is C=C1C(C)=CC(c2ccccc2)=C(c2c(F)cccc2Br)N1CC(F)F.CC. The van der Waals surface area contributed by atoms with Crippen LogP contribution < -0.4 is 0 Å². The van der Waals surface area contributed by atoms with Crippen molar-refractivity contribution < 1.29 is 13.2 Å². The lowest BCUT2D eigenvalue weighted by atomic mass is 9.92. The summed E-state index contributed by atoms with van der Waals surface area (Å²) in [5.41, 5.74) is 3.34. The number of allylic oxidation sites excluding steroid dienone is 3. The van der Waals surface area contributed by atoms with Gasteiger partial charge in [0.1, 0.15) is 5.82 Å². The summed E-state index contributed by atoms with van der Waals surface area (Å²) in [5.74, 6) is -0.483. The molecule has 0 N–H and O–H groups in total. The zero-order valence-electron chi connectivity index (χ0n) is 16.1. The van der Waals surface area contributed by atoms with Crippen LogP contribution in [-0.2, 0) is 0 Å². The summed E-state index contributed by atoms with van der Waals surface area (Å²) in [6.45, 7) is 9.20. The molecule has 0 spiro atoms. The van der Waals surface area contributed by atoms with E-state index in [-0.39, 0.29) is 5.56 Å². The molecular weight excluding hydrogens is 427 g/mol. The monoisotopic (exact) mass is 449 g/mol. The van der Waals surface area contributed by atoms with Crippen LogP contribution in [0.2, 0.25) is 0 Å². The van der Waals surface area contributed by atoms with Gasteiger partial charge in [0.05, 0.1) is 12.2 Å². The third-order valence-corrected chi connectivity index (χ3v) is 4.93. The van der Waals surface area contributed by atoms with Gasteiger partial charge in [0, 0.05) is 21.3 Å². The first-order chi connectivity index (χ1) is 13.4. The molecule has 0 saturated heterocycles. The van der Waals surface area contributed by atoms with Crippen molar-refractivity contribution in [2.45, 2.75) is 27.2 Å². The normalized spacial score (nSPS) is 14.1. The average Bonchev–Trinajstić information content (AvgIpc) is 2.68. The summed E-state index contributed by atoms with van der Waals surface area (Å²) in [6, 6.07) is 13.9. The van der Waals surface area contributed by atoms with Crippen molar-refractivity contribution in [2.24, 2.45) is 0 Å². The van der Waals surface area contributed by atoms with Gasteiger partial charge < -0.3 is 4.90 Å². The predicted octanol–water partition coefficient (Wildman–Crippen LogP) is 7.52. The van der Waals surface area contributed by atoms with Crippen molar-refractivity contribution in [3.05, 3.63) is 93.9 Å². The first-order valence-corrected chi connectivity index (χ1v) is 9.86. The van der Waals surface area contributed by atoms with E-state index in [1.807, 2.05) is 57.2 Å². The minimum atomic E-state index is -2.59. The second-order valence-electron chi connectivity index (χ2n) is 6.00. The topological polar surface area (TPSA) is 3.24 Å². The molecule has 1 aliphatic rings. The van der Waals surface area contributed by atoms with Crippen molar-refractivity contribution in [2.75, 3.05) is 6.54 Å². The Kier molecular flexibility index (Phi) is 7.69. The fraction of sp³-hybridized carbons (Fsp3) is 0.217. The maximum Gasteiger partial charge on any atom is 0.256 e. The molecule has 1 aliphatic heterocycles. The van der Waals surface area contributed by atoms with Crippen LogP contribution in [0.3, 0.4) is 0 Å². The zero-order chi connectivity index (χ0) is 20.8. The lowest BCUT2D eigenvalue weighted by Gasteiger charge is -2.35. The quantitative estimate of drug-likeness (QED) is 0.466. The highest BCUT2D eigenvalue weighted by Gasteiger charge is 2.29. The number of nitrogens with zero attached hydrogens (tertiary/aromatic N) is 1. The van der Waals surface area contributed by atoms with E-state index in [4.69, 9.17) is 0 Å². The van der Waals surface area contributed by atoms with Crippen LogP contribution in [-0.4, -0.2) is 17.9 Å². The van der Waals surface area contributed by atoms with E-state index in [0.29, 0.717) is 21.4 Å². The van der Waals surface area contributed by atoms with E-state index < -0.39 is 18.8 Å². The molecule has 0 fully saturated rings. The number of rotatable bonds is 4. The summed E-state index contributed by atoms with van der Waals surface area (Å²) in [4.78, 5) is 1.41. The van der Waals surface area contributed by atoms with Gasteiger partial charge in [0.25, 0.3) is 6.43 Å². The van der Waals surface area contributed by atoms with Crippen molar-refractivity contribution in [1.29, 1.82) is 0 Å². The highest BCUT2D eigenvalue weighted by Crippen LogP contribution is 2.42. The summed E-state index contributed by atoms with van der Waals surface area (Å²) < 4.78 is 41.8. The molecule has 28 heavy (non-hydrogen) atoms. The third-order valence-electron chi connectivity index (χ3n) is 4.27. The number of hydrogen-bond donors (Lipinski definition) is 0. The fourth-order valence-corrected chi connectivity index (χ4v) is 3.56. The van der Waals surface area contributed by atoms with Crippen LogP contribution in [0.4, 0.5) is 13.2 Å². The van der Waals surface area contributed by atoms with Crippen LogP contribution in [0.1, 0.15) is 31.9 Å². The van der Waals surface area contributed by atoms with Crippen LogP contribution >= 0.6 is 15.9 Å². The second kappa shape index (κ2) is 9.78. The molecule has 1 heterocycles. The van der Waals surface area contributed by atoms with E-state index >= 15 is 0 Å². The molecule has 0 radical (unpaired) electrons. The molecular formula is C23H23BrF3N. The first-order valence-electron chi connectivity index (χ1n) is 9.07. The van der Waals surface area contributed by atoms with E-state index in [1.54, 1.807) is 12.1 Å². The maximum atomic E-state index is 14.7. The number of hydrogen-bond acceptors (Lipinski definition) is 1. The predicted molar refractivity (Wildman–Crippen MR) is 114 cm³/mol. The molecule has 3 rings (SSSR count). The van der Waals surface area contributed by atoms with E-state index in [1.165, 1.54) is 11.0 Å². The number of alkyl halides is 2. The largest absolute Gasteiger partial charge is 0.335 e. The Labute approximate surface area is 173 Å². The van der Waals surface area contributed by atoms with E-state index in [0.717, 1.165) is 11.1 Å². The minimum Gasteiger partial charge on any atom is -0.335 e. The van der Waals surface area contributed by atoms with Crippen molar-refractivity contribution in [3.63, 3.8) is 0 Å². The lowest BCUT2D eigenvalue weighted by Crippen LogP contribution is -2.30. The van der Waals surface area contributed by atoms with Gasteiger partial charge >= 0.3 is 0 Å². The van der Waals surface area contributed by atoms with Gasteiger partial charge in [-0.1, -0.05) is 56.8 Å². The Bertz CT molecular complexity index is 881. The zero-order valence-corrected chi connectivity index (χ0v) is 17.7. The molecule has 2 aromatic rings. The van der Waals surface area contributed by atoms with Gasteiger partial charge in [0.2, 0.25) is 0 Å². The molecule has 0 saturated carbocycles. The Hall–Kier alpha value is -2.27. The van der Waals surface area contributed by atoms with Crippen LogP contribution in [0.25, 0.3) is 11.3 Å². The Morgan fingerprint density at radius 3 is 2.25 bits per heavy atom. The van der Waals surface area contributed by atoms with Crippen molar-refractivity contribution in [1.82, 2.24) is 4.90 Å². The van der Waals surface area contributed by atoms with Crippen molar-refractivity contribution >= 4 is 27.2 Å². The summed E-state index contributed by atoms with van der Waals surface area (Å²) in [5, 5.41) is 0. The molecule has 0 atom stereocenters. The number of benzene rings is 2. The van der Waals surface area contributed by atoms with Gasteiger partial charge in [-0.25, -0.2) is 13.2 Å². The highest BCUT2D eigenvalue weighted by molar-refractivity contribution is 9.10. The summed E-state index contributed by atoms with van der Waals surface area (Å²) in [7, 11) is 0. The minimum absolute atomic E-state index is 0.247. The van der Waals surface area contributed by atoms with Gasteiger partial charge in [-0.3, -0.25) is 0 Å². The Balaban J connectivity index is 0.00000136. The van der Waals surface area contributed by atoms with Gasteiger partial charge in [-0.2, -0.15) is 0 Å². The van der Waals surface area contributed by atoms with Gasteiger partial charge in [0.15, 0.2) is 0 Å². The molecule has 0 bridgehead atoms. The van der Waals surface area contributed by atoms with E-state index in [9.17, 15) is 13.2 Å². The molecule has 0 unspecified atom stereocenters. The Morgan fingerprint density at radius 1 is 1.04 bits per heavy atom. The average molecular weight is 450 g/mol. The third kappa shape index (κ3) is 4.58. The van der Waals surface area contributed by atoms with Gasteiger partial charge in [-0.15, -0.1) is 0 Å². The smallest absolute Gasteiger partial charge is 0.256 e. The Morgan fingerprint density at radius 2 is 1.68 bits per heavy atom. The molecule has 148 valence electrons. The molecule has 2 aromatic carbocycles. The maximum absolute atomic E-state index is 14.7. The molecule has 0 aliphatic carbocycles. The standard InChI is InChI=1S/C21H17BrF3N.C2H6/c1-13-11-16(15-7-4-3-5-8-15)21(26(14(13)2)12-19(24)25)20-17(22)9-6-10-18(20)23;1-2/h3-11,19H,2,12H2,1H3;1-2H3. The summed E-state index contributed by atoms with van der Waals surface area (Å²) in [6.07, 6.45) is -0.719. The number of halogens is 4. The fourth-order valence-electron chi connectivity index (χ4n) is 3.03. The van der Waals surface area contributed by atoms with Crippen LogP contribution in [0.15, 0.2) is 76.9 Å². The van der Waals surface area contributed by atoms with Crippen molar-refractivity contribution in [3.8, 4) is 0 Å². The first kappa shape index (κ1) is 22.0. The second-order valence-corrected chi connectivity index (χ2v) is 6.86. The molecule has 1 nitrogen and oxygen atoms in total. The van der Waals surface area contributed by atoms with Gasteiger partial charge in [-0.05, 0) is 52.2 Å². The summed E-state index contributed by atoms with van der Waals surface area (Å²) >= 11 is 3.37. The molecule has 5 heteroatoms. The molecule has 0 amide bonds. The molecule has 0 aromatic heterocycles. The lowest BCUT2D eigenvalue weighted by molar-refractivity contribution is 0.123. The van der Waals surface area contributed by atoms with Crippen LogP contribution in [0, 0.1) is 5.82 Å². The van der Waals surface area contributed by atoms with Crippen LogP contribution in [0.5, 0.6) is 0 Å². The van der Waals surface area contributed by atoms with E-state index in [2.05, 4.69) is 22.5 Å².